The molecule has 0 aliphatic rings. The van der Waals surface area contributed by atoms with Crippen molar-refractivity contribution in [1.29, 1.82) is 10.5 Å². The monoisotopic (exact) mass is 272 g/mol. The third-order valence-electron chi connectivity index (χ3n) is 2.03. The molecule has 2 rings (SSSR count). The average molecular weight is 273 g/mol. The lowest BCUT2D eigenvalue weighted by Crippen LogP contribution is -1.97. The predicted octanol–water partition coefficient (Wildman–Crippen LogP) is 2.38. The number of rotatable bonds is 1. The average Bonchev–Trinajstić information content (AvgIpc) is 2.76. The Morgan fingerprint density at radius 2 is 2.00 bits per heavy atom. The molecule has 5 heteroatoms. The van der Waals surface area contributed by atoms with Gasteiger partial charge in [0.25, 0.3) is 0 Å². The predicted molar refractivity (Wildman–Crippen MR) is 60.7 cm³/mol. The van der Waals surface area contributed by atoms with Gasteiger partial charge in [-0.05, 0) is 18.2 Å². The lowest BCUT2D eigenvalue weighted by atomic mass is 10.2. The molecule has 4 nitrogen and oxygen atoms in total. The van der Waals surface area contributed by atoms with Gasteiger partial charge in [-0.2, -0.15) is 10.5 Å². The molecular formula is C11H5BrN4. The van der Waals surface area contributed by atoms with E-state index in [9.17, 15) is 0 Å². The Hall–Kier alpha value is -2.11. The van der Waals surface area contributed by atoms with Crippen LogP contribution in [0.5, 0.6) is 0 Å². The Bertz CT molecular complexity index is 616. The van der Waals surface area contributed by atoms with Crippen LogP contribution in [0.2, 0.25) is 0 Å². The second kappa shape index (κ2) is 4.18. The SMILES string of the molecule is N#Cc1cc(Br)cc(-n2ccnc2C#N)c1. The summed E-state index contributed by atoms with van der Waals surface area (Å²) in [5.41, 5.74) is 1.27. The molecule has 0 radical (unpaired) electrons. The molecule has 76 valence electrons. The van der Waals surface area contributed by atoms with Crippen LogP contribution in [0.1, 0.15) is 11.4 Å². The van der Waals surface area contributed by atoms with Crippen LogP contribution in [0.15, 0.2) is 35.1 Å². The number of aromatic nitrogens is 2. The molecule has 0 spiro atoms. The summed E-state index contributed by atoms with van der Waals surface area (Å²) in [6.45, 7) is 0. The fourth-order valence-corrected chi connectivity index (χ4v) is 1.85. The molecule has 1 aromatic carbocycles. The molecule has 0 amide bonds. The fraction of sp³-hybridized carbons (Fsp3) is 0. The van der Waals surface area contributed by atoms with Crippen LogP contribution in [-0.2, 0) is 0 Å². The van der Waals surface area contributed by atoms with Gasteiger partial charge in [0.1, 0.15) is 6.07 Å². The summed E-state index contributed by atoms with van der Waals surface area (Å²) in [6.07, 6.45) is 3.23. The smallest absolute Gasteiger partial charge is 0.217 e. The first-order valence-electron chi connectivity index (χ1n) is 4.39. The van der Waals surface area contributed by atoms with E-state index in [0.29, 0.717) is 11.4 Å². The van der Waals surface area contributed by atoms with Gasteiger partial charge in [0.15, 0.2) is 0 Å². The van der Waals surface area contributed by atoms with E-state index in [1.54, 1.807) is 29.1 Å². The summed E-state index contributed by atoms with van der Waals surface area (Å²) in [5.74, 6) is 0.294. The van der Waals surface area contributed by atoms with Crippen LogP contribution in [0.3, 0.4) is 0 Å². The van der Waals surface area contributed by atoms with Gasteiger partial charge in [-0.25, -0.2) is 4.98 Å². The molecule has 0 aliphatic heterocycles. The Kier molecular flexibility index (Phi) is 2.72. The molecule has 16 heavy (non-hydrogen) atoms. The zero-order valence-corrected chi connectivity index (χ0v) is 9.64. The first kappa shape index (κ1) is 10.4. The van der Waals surface area contributed by atoms with Crippen molar-refractivity contribution in [3.8, 4) is 17.8 Å². The lowest BCUT2D eigenvalue weighted by Gasteiger charge is -2.04. The van der Waals surface area contributed by atoms with E-state index >= 15 is 0 Å². The molecule has 0 saturated carbocycles. The van der Waals surface area contributed by atoms with Crippen molar-refractivity contribution in [3.63, 3.8) is 0 Å². The first-order valence-corrected chi connectivity index (χ1v) is 5.18. The second-order valence-corrected chi connectivity index (χ2v) is 3.96. The van der Waals surface area contributed by atoms with Crippen LogP contribution < -0.4 is 0 Å². The Morgan fingerprint density at radius 1 is 1.19 bits per heavy atom. The van der Waals surface area contributed by atoms with Crippen molar-refractivity contribution in [1.82, 2.24) is 9.55 Å². The molecule has 0 aliphatic carbocycles. The number of benzene rings is 1. The van der Waals surface area contributed by atoms with Crippen molar-refractivity contribution in [2.45, 2.75) is 0 Å². The van der Waals surface area contributed by atoms with Crippen molar-refractivity contribution in [2.75, 3.05) is 0 Å². The minimum absolute atomic E-state index is 0.294. The number of hydrogen-bond acceptors (Lipinski definition) is 3. The van der Waals surface area contributed by atoms with Crippen LogP contribution in [0, 0.1) is 22.7 Å². The second-order valence-electron chi connectivity index (χ2n) is 3.04. The highest BCUT2D eigenvalue weighted by molar-refractivity contribution is 9.10. The summed E-state index contributed by atoms with van der Waals surface area (Å²) < 4.78 is 2.42. The van der Waals surface area contributed by atoms with Crippen LogP contribution in [0.4, 0.5) is 0 Å². The van der Waals surface area contributed by atoms with E-state index in [2.05, 4.69) is 27.0 Å². The molecule has 0 fully saturated rings. The summed E-state index contributed by atoms with van der Waals surface area (Å²) >= 11 is 3.32. The zero-order chi connectivity index (χ0) is 11.5. The largest absolute Gasteiger partial charge is 0.291 e. The number of imidazole rings is 1. The van der Waals surface area contributed by atoms with Gasteiger partial charge in [-0.3, -0.25) is 4.57 Å². The van der Waals surface area contributed by atoms with Gasteiger partial charge < -0.3 is 0 Å². The highest BCUT2D eigenvalue weighted by atomic mass is 79.9. The molecular weight excluding hydrogens is 268 g/mol. The summed E-state index contributed by atoms with van der Waals surface area (Å²) in [6, 6.07) is 9.28. The minimum atomic E-state index is 0.294. The Labute approximate surface area is 101 Å². The third kappa shape index (κ3) is 1.81. The highest BCUT2D eigenvalue weighted by Crippen LogP contribution is 2.19. The Balaban J connectivity index is 2.62. The summed E-state index contributed by atoms with van der Waals surface area (Å²) in [5, 5.41) is 17.7. The maximum absolute atomic E-state index is 8.85. The van der Waals surface area contributed by atoms with E-state index in [4.69, 9.17) is 10.5 Å². The molecule has 1 aromatic heterocycles. The third-order valence-corrected chi connectivity index (χ3v) is 2.49. The standard InChI is InChI=1S/C11H5BrN4/c12-9-3-8(6-13)4-10(5-9)16-2-1-15-11(16)7-14/h1-5H. The number of nitrogens with zero attached hydrogens (tertiary/aromatic N) is 4. The number of halogens is 1. The molecule has 0 N–H and O–H groups in total. The molecule has 0 bridgehead atoms. The topological polar surface area (TPSA) is 65.4 Å². The molecule has 0 saturated heterocycles. The summed E-state index contributed by atoms with van der Waals surface area (Å²) in [7, 11) is 0. The first-order chi connectivity index (χ1) is 7.74. The maximum Gasteiger partial charge on any atom is 0.217 e. The van der Waals surface area contributed by atoms with E-state index in [1.807, 2.05) is 12.1 Å². The van der Waals surface area contributed by atoms with Gasteiger partial charge in [-0.15, -0.1) is 0 Å². The quantitative estimate of drug-likeness (QED) is 0.801. The van der Waals surface area contributed by atoms with Gasteiger partial charge in [-0.1, -0.05) is 15.9 Å². The normalized spacial score (nSPS) is 9.44. The van der Waals surface area contributed by atoms with Crippen molar-refractivity contribution in [3.05, 3.63) is 46.5 Å². The molecule has 0 atom stereocenters. The Morgan fingerprint density at radius 3 is 2.69 bits per heavy atom. The van der Waals surface area contributed by atoms with Crippen molar-refractivity contribution in [2.24, 2.45) is 0 Å². The number of nitriles is 2. The molecule has 2 aromatic rings. The van der Waals surface area contributed by atoms with Crippen molar-refractivity contribution < 1.29 is 0 Å². The number of hydrogen-bond donors (Lipinski definition) is 0. The van der Waals surface area contributed by atoms with Gasteiger partial charge in [0.2, 0.25) is 5.82 Å². The maximum atomic E-state index is 8.85. The van der Waals surface area contributed by atoms with Crippen LogP contribution in [-0.4, -0.2) is 9.55 Å². The highest BCUT2D eigenvalue weighted by Gasteiger charge is 2.05. The zero-order valence-electron chi connectivity index (χ0n) is 8.05. The van der Waals surface area contributed by atoms with E-state index in [0.717, 1.165) is 10.2 Å². The fourth-order valence-electron chi connectivity index (χ4n) is 1.37. The van der Waals surface area contributed by atoms with Crippen molar-refractivity contribution >= 4 is 15.9 Å². The molecule has 1 heterocycles. The lowest BCUT2D eigenvalue weighted by molar-refractivity contribution is 1.02. The van der Waals surface area contributed by atoms with Gasteiger partial charge >= 0.3 is 0 Å². The van der Waals surface area contributed by atoms with E-state index in [-0.39, 0.29) is 0 Å². The minimum Gasteiger partial charge on any atom is -0.291 e. The molecule has 0 unspecified atom stereocenters. The van der Waals surface area contributed by atoms with Gasteiger partial charge in [0.05, 0.1) is 17.3 Å². The van der Waals surface area contributed by atoms with E-state index < -0.39 is 0 Å². The van der Waals surface area contributed by atoms with Crippen LogP contribution >= 0.6 is 15.9 Å². The van der Waals surface area contributed by atoms with Crippen LogP contribution in [0.25, 0.3) is 5.69 Å². The van der Waals surface area contributed by atoms with Gasteiger partial charge in [0, 0.05) is 16.9 Å². The van der Waals surface area contributed by atoms with E-state index in [1.165, 1.54) is 0 Å². The summed E-state index contributed by atoms with van der Waals surface area (Å²) in [4.78, 5) is 3.90.